The van der Waals surface area contributed by atoms with Crippen LogP contribution in [-0.2, 0) is 6.42 Å². The number of nitrogens with zero attached hydrogens (tertiary/aromatic N) is 4. The van der Waals surface area contributed by atoms with E-state index in [0.717, 1.165) is 16.7 Å². The van der Waals surface area contributed by atoms with E-state index in [2.05, 4.69) is 25.3 Å². The third kappa shape index (κ3) is 4.63. The normalized spacial score (nSPS) is 10.8. The minimum atomic E-state index is -0.567. The first-order valence-corrected chi connectivity index (χ1v) is 10.3. The molecule has 32 heavy (non-hydrogen) atoms. The SMILES string of the molecule is Nc1nc(NCCc2cnc(-c3ccc(Cl)cc3Cl)c(-c3ncc[nH]3)c2)ccc1[N+](=O)[O-]. The molecule has 0 spiro atoms. The average Bonchev–Trinajstić information content (AvgIpc) is 3.29. The van der Waals surface area contributed by atoms with E-state index in [9.17, 15) is 10.1 Å². The molecule has 9 nitrogen and oxygen atoms in total. The largest absolute Gasteiger partial charge is 0.378 e. The lowest BCUT2D eigenvalue weighted by Gasteiger charge is -2.12. The lowest BCUT2D eigenvalue weighted by Crippen LogP contribution is -2.08. The highest BCUT2D eigenvalue weighted by Crippen LogP contribution is 2.35. The van der Waals surface area contributed by atoms with E-state index in [4.69, 9.17) is 28.9 Å². The van der Waals surface area contributed by atoms with Gasteiger partial charge in [-0.2, -0.15) is 0 Å². The van der Waals surface area contributed by atoms with Crippen LogP contribution in [0.3, 0.4) is 0 Å². The summed E-state index contributed by atoms with van der Waals surface area (Å²) in [4.78, 5) is 26.4. The lowest BCUT2D eigenvalue weighted by atomic mass is 10.0. The number of pyridine rings is 2. The van der Waals surface area contributed by atoms with Crippen LogP contribution in [0, 0.1) is 10.1 Å². The van der Waals surface area contributed by atoms with Crippen LogP contribution in [0.2, 0.25) is 10.0 Å². The number of nitrogens with two attached hydrogens (primary N) is 1. The van der Waals surface area contributed by atoms with Crippen LogP contribution in [0.4, 0.5) is 17.3 Å². The molecular weight excluding hydrogens is 453 g/mol. The molecule has 0 atom stereocenters. The summed E-state index contributed by atoms with van der Waals surface area (Å²) in [5.41, 5.74) is 8.60. The van der Waals surface area contributed by atoms with Crippen molar-refractivity contribution in [2.45, 2.75) is 6.42 Å². The van der Waals surface area contributed by atoms with E-state index >= 15 is 0 Å². The van der Waals surface area contributed by atoms with E-state index in [1.807, 2.05) is 12.1 Å². The molecule has 0 aliphatic carbocycles. The van der Waals surface area contributed by atoms with Crippen molar-refractivity contribution in [1.82, 2.24) is 19.9 Å². The van der Waals surface area contributed by atoms with Gasteiger partial charge in [0.2, 0.25) is 5.82 Å². The lowest BCUT2D eigenvalue weighted by molar-refractivity contribution is -0.384. The van der Waals surface area contributed by atoms with Crippen LogP contribution >= 0.6 is 23.2 Å². The highest BCUT2D eigenvalue weighted by Gasteiger charge is 2.16. The minimum Gasteiger partial charge on any atom is -0.378 e. The Bertz CT molecular complexity index is 1280. The first kappa shape index (κ1) is 21.5. The number of hydrogen-bond acceptors (Lipinski definition) is 7. The number of nitrogen functional groups attached to an aromatic ring is 1. The second-order valence-electron chi connectivity index (χ2n) is 6.84. The monoisotopic (exact) mass is 469 g/mol. The number of benzene rings is 1. The van der Waals surface area contributed by atoms with Crippen LogP contribution in [0.5, 0.6) is 0 Å². The molecule has 4 rings (SSSR count). The Morgan fingerprint density at radius 3 is 2.66 bits per heavy atom. The van der Waals surface area contributed by atoms with Gasteiger partial charge in [-0.15, -0.1) is 0 Å². The van der Waals surface area contributed by atoms with Crippen molar-refractivity contribution in [3.8, 4) is 22.6 Å². The highest BCUT2D eigenvalue weighted by molar-refractivity contribution is 6.36. The van der Waals surface area contributed by atoms with Gasteiger partial charge in [-0.3, -0.25) is 15.1 Å². The summed E-state index contributed by atoms with van der Waals surface area (Å²) in [6.45, 7) is 0.518. The van der Waals surface area contributed by atoms with Gasteiger partial charge in [-0.25, -0.2) is 9.97 Å². The van der Waals surface area contributed by atoms with Gasteiger partial charge >= 0.3 is 5.69 Å². The second kappa shape index (κ2) is 9.21. The van der Waals surface area contributed by atoms with E-state index in [1.54, 1.807) is 30.7 Å². The van der Waals surface area contributed by atoms with Gasteiger partial charge in [0, 0.05) is 47.4 Å². The minimum absolute atomic E-state index is 0.133. The molecule has 0 aliphatic rings. The first-order chi connectivity index (χ1) is 15.4. The first-order valence-electron chi connectivity index (χ1n) is 9.51. The van der Waals surface area contributed by atoms with Gasteiger partial charge in [0.25, 0.3) is 0 Å². The highest BCUT2D eigenvalue weighted by atomic mass is 35.5. The maximum Gasteiger partial charge on any atom is 0.311 e. The Morgan fingerprint density at radius 2 is 1.97 bits per heavy atom. The smallest absolute Gasteiger partial charge is 0.311 e. The fourth-order valence-corrected chi connectivity index (χ4v) is 3.69. The maximum atomic E-state index is 10.9. The molecule has 4 aromatic rings. The Labute approximate surface area is 192 Å². The van der Waals surface area contributed by atoms with Crippen molar-refractivity contribution in [3.63, 3.8) is 0 Å². The average molecular weight is 470 g/mol. The van der Waals surface area contributed by atoms with E-state index in [0.29, 0.717) is 40.3 Å². The molecule has 3 aromatic heterocycles. The number of nitro groups is 1. The topological polar surface area (TPSA) is 136 Å². The van der Waals surface area contributed by atoms with Crippen LogP contribution in [0.15, 0.2) is 55.0 Å². The van der Waals surface area contributed by atoms with Crippen LogP contribution in [0.1, 0.15) is 5.56 Å². The molecule has 3 heterocycles. The third-order valence-corrected chi connectivity index (χ3v) is 5.25. The van der Waals surface area contributed by atoms with Crippen LogP contribution < -0.4 is 11.1 Å². The number of H-pyrrole nitrogens is 1. The van der Waals surface area contributed by atoms with Crippen LogP contribution in [-0.4, -0.2) is 31.4 Å². The van der Waals surface area contributed by atoms with E-state index < -0.39 is 4.92 Å². The second-order valence-corrected chi connectivity index (χ2v) is 7.68. The van der Waals surface area contributed by atoms with E-state index in [-0.39, 0.29) is 11.5 Å². The summed E-state index contributed by atoms with van der Waals surface area (Å²) in [6.07, 6.45) is 5.79. The van der Waals surface area contributed by atoms with Crippen molar-refractivity contribution in [3.05, 3.63) is 80.7 Å². The van der Waals surface area contributed by atoms with Gasteiger partial charge in [0.05, 0.1) is 15.6 Å². The zero-order valence-electron chi connectivity index (χ0n) is 16.5. The summed E-state index contributed by atoms with van der Waals surface area (Å²) in [5.74, 6) is 0.987. The van der Waals surface area contributed by atoms with Crippen molar-refractivity contribution < 1.29 is 4.92 Å². The summed E-state index contributed by atoms with van der Waals surface area (Å²) in [6, 6.07) is 10.1. The summed E-state index contributed by atoms with van der Waals surface area (Å²) >= 11 is 12.4. The zero-order chi connectivity index (χ0) is 22.7. The Morgan fingerprint density at radius 1 is 1.12 bits per heavy atom. The quantitative estimate of drug-likeness (QED) is 0.256. The molecule has 0 radical (unpaired) electrons. The molecular formula is C21H17Cl2N7O2. The van der Waals surface area contributed by atoms with Crippen molar-refractivity contribution in [2.75, 3.05) is 17.6 Å². The van der Waals surface area contributed by atoms with Crippen molar-refractivity contribution >= 4 is 40.5 Å². The van der Waals surface area contributed by atoms with Gasteiger partial charge in [-0.05, 0) is 42.3 Å². The zero-order valence-corrected chi connectivity index (χ0v) is 18.1. The fourth-order valence-electron chi connectivity index (χ4n) is 3.19. The molecule has 0 fully saturated rings. The molecule has 0 amide bonds. The maximum absolute atomic E-state index is 10.9. The number of anilines is 2. The van der Waals surface area contributed by atoms with Gasteiger partial charge in [0.1, 0.15) is 11.6 Å². The Balaban J connectivity index is 1.56. The molecule has 1 aromatic carbocycles. The van der Waals surface area contributed by atoms with Crippen molar-refractivity contribution in [1.29, 1.82) is 0 Å². The summed E-state index contributed by atoms with van der Waals surface area (Å²) < 4.78 is 0. The molecule has 0 saturated heterocycles. The third-order valence-electron chi connectivity index (χ3n) is 4.70. The Hall–Kier alpha value is -3.69. The predicted octanol–water partition coefficient (Wildman–Crippen LogP) is 4.99. The molecule has 11 heteroatoms. The summed E-state index contributed by atoms with van der Waals surface area (Å²) in [5, 5.41) is 15.0. The molecule has 4 N–H and O–H groups in total. The standard InChI is InChI=1S/C21H17Cl2N7O2/c22-13-1-2-14(16(23)10-13)19-15(21-26-7-8-27-21)9-12(11-28-19)5-6-25-18-4-3-17(30(31)32)20(24)29-18/h1-4,7-11H,5-6H2,(H,26,27)(H3,24,25,29). The molecule has 0 saturated carbocycles. The molecule has 162 valence electrons. The molecule has 0 unspecified atom stereocenters. The summed E-state index contributed by atoms with van der Waals surface area (Å²) in [7, 11) is 0. The predicted molar refractivity (Wildman–Crippen MR) is 125 cm³/mol. The van der Waals surface area contributed by atoms with Crippen molar-refractivity contribution in [2.24, 2.45) is 0 Å². The number of nitrogens with one attached hydrogen (secondary N) is 2. The number of rotatable bonds is 7. The van der Waals surface area contributed by atoms with E-state index in [1.165, 1.54) is 12.1 Å². The number of halogens is 2. The van der Waals surface area contributed by atoms with Gasteiger partial charge in [0.15, 0.2) is 0 Å². The van der Waals surface area contributed by atoms with Crippen LogP contribution in [0.25, 0.3) is 22.6 Å². The van der Waals surface area contributed by atoms with Gasteiger partial charge in [-0.1, -0.05) is 23.2 Å². The number of hydrogen-bond donors (Lipinski definition) is 3. The number of aromatic amines is 1. The Kier molecular flexibility index (Phi) is 6.20. The number of aromatic nitrogens is 4. The molecule has 0 bridgehead atoms. The number of imidazole rings is 1. The fraction of sp³-hybridized carbons (Fsp3) is 0.0952. The van der Waals surface area contributed by atoms with Gasteiger partial charge < -0.3 is 16.0 Å². The molecule has 0 aliphatic heterocycles.